The van der Waals surface area contributed by atoms with Crippen molar-refractivity contribution in [2.75, 3.05) is 23.3 Å². The van der Waals surface area contributed by atoms with E-state index < -0.39 is 0 Å². The van der Waals surface area contributed by atoms with Crippen LogP contribution in [0.15, 0.2) is 65.6 Å². The number of carbonyl (C=O) groups excluding carboxylic acids is 1. The van der Waals surface area contributed by atoms with Gasteiger partial charge in [-0.05, 0) is 32.0 Å². The van der Waals surface area contributed by atoms with Gasteiger partial charge in [-0.1, -0.05) is 30.3 Å². The summed E-state index contributed by atoms with van der Waals surface area (Å²) in [5, 5.41) is 7.06. The Labute approximate surface area is 163 Å². The fraction of sp³-hybridized carbons (Fsp3) is 0.238. The lowest BCUT2D eigenvalue weighted by Crippen LogP contribution is -2.29. The third-order valence-corrected chi connectivity index (χ3v) is 4.35. The molecular formula is C21H23N5O2. The van der Waals surface area contributed by atoms with Crippen LogP contribution in [0.4, 0.5) is 11.5 Å². The number of hydrogen-bond acceptors (Lipinski definition) is 5. The van der Waals surface area contributed by atoms with Crippen molar-refractivity contribution in [2.24, 2.45) is 0 Å². The highest BCUT2D eigenvalue weighted by Gasteiger charge is 2.09. The zero-order valence-corrected chi connectivity index (χ0v) is 16.0. The highest BCUT2D eigenvalue weighted by molar-refractivity contribution is 5.90. The van der Waals surface area contributed by atoms with Crippen LogP contribution in [0.3, 0.4) is 0 Å². The van der Waals surface area contributed by atoms with Gasteiger partial charge in [0, 0.05) is 24.7 Å². The maximum absolute atomic E-state index is 12.4. The molecule has 0 spiro atoms. The van der Waals surface area contributed by atoms with E-state index in [4.69, 9.17) is 0 Å². The van der Waals surface area contributed by atoms with Gasteiger partial charge in [-0.25, -0.2) is 9.67 Å². The summed E-state index contributed by atoms with van der Waals surface area (Å²) in [6.45, 7) is 5.69. The van der Waals surface area contributed by atoms with Crippen LogP contribution < -0.4 is 15.8 Å². The van der Waals surface area contributed by atoms with E-state index in [0.717, 1.165) is 29.2 Å². The first-order valence-electron chi connectivity index (χ1n) is 9.25. The summed E-state index contributed by atoms with van der Waals surface area (Å²) >= 11 is 0. The molecule has 3 rings (SSSR count). The van der Waals surface area contributed by atoms with Gasteiger partial charge < -0.3 is 10.2 Å². The summed E-state index contributed by atoms with van der Waals surface area (Å²) in [7, 11) is 0. The minimum atomic E-state index is -0.336. The van der Waals surface area contributed by atoms with Crippen molar-refractivity contribution in [1.82, 2.24) is 14.8 Å². The molecule has 0 aliphatic rings. The largest absolute Gasteiger partial charge is 0.357 e. The highest BCUT2D eigenvalue weighted by Crippen LogP contribution is 2.15. The third-order valence-electron chi connectivity index (χ3n) is 4.35. The van der Waals surface area contributed by atoms with E-state index >= 15 is 0 Å². The van der Waals surface area contributed by atoms with Gasteiger partial charge in [0.15, 0.2) is 0 Å². The molecule has 2 heterocycles. The van der Waals surface area contributed by atoms with E-state index in [1.165, 1.54) is 6.07 Å². The summed E-state index contributed by atoms with van der Waals surface area (Å²) in [4.78, 5) is 30.9. The van der Waals surface area contributed by atoms with Crippen LogP contribution in [0.25, 0.3) is 11.3 Å². The van der Waals surface area contributed by atoms with Crippen LogP contribution in [0, 0.1) is 0 Å². The second-order valence-electron chi connectivity index (χ2n) is 6.21. The van der Waals surface area contributed by atoms with Gasteiger partial charge in [0.05, 0.1) is 17.6 Å². The molecule has 28 heavy (non-hydrogen) atoms. The monoisotopic (exact) mass is 377 g/mol. The van der Waals surface area contributed by atoms with Crippen LogP contribution in [-0.4, -0.2) is 33.8 Å². The molecule has 0 saturated heterocycles. The van der Waals surface area contributed by atoms with Gasteiger partial charge in [0.1, 0.15) is 12.4 Å². The maximum Gasteiger partial charge on any atom is 0.267 e. The van der Waals surface area contributed by atoms with Gasteiger partial charge in [-0.2, -0.15) is 5.10 Å². The lowest BCUT2D eigenvalue weighted by molar-refractivity contribution is -0.117. The molecule has 7 nitrogen and oxygen atoms in total. The molecule has 0 saturated carbocycles. The average molecular weight is 377 g/mol. The van der Waals surface area contributed by atoms with Crippen molar-refractivity contribution in [1.29, 1.82) is 0 Å². The van der Waals surface area contributed by atoms with E-state index in [-0.39, 0.29) is 18.0 Å². The second kappa shape index (κ2) is 8.94. The number of pyridine rings is 1. The average Bonchev–Trinajstić information content (AvgIpc) is 2.72. The molecule has 2 aromatic heterocycles. The van der Waals surface area contributed by atoms with Crippen molar-refractivity contribution in [3.63, 3.8) is 0 Å². The van der Waals surface area contributed by atoms with Crippen LogP contribution in [0.5, 0.6) is 0 Å². The zero-order chi connectivity index (χ0) is 19.9. The van der Waals surface area contributed by atoms with Crippen LogP contribution >= 0.6 is 0 Å². The Bertz CT molecular complexity index is 980. The highest BCUT2D eigenvalue weighted by atomic mass is 16.2. The third kappa shape index (κ3) is 4.62. The summed E-state index contributed by atoms with van der Waals surface area (Å²) in [6, 6.07) is 16.2. The summed E-state index contributed by atoms with van der Waals surface area (Å²) in [5.41, 5.74) is 1.77. The van der Waals surface area contributed by atoms with E-state index in [2.05, 4.69) is 34.1 Å². The Balaban J connectivity index is 1.70. The standard InChI is InChI=1S/C21H23N5O2/c1-3-25(4-2)19-12-10-17(14-22-19)23-20(27)15-26-21(28)13-11-18(24-26)16-8-6-5-7-9-16/h5-14H,3-4,15H2,1-2H3,(H,23,27). The van der Waals surface area contributed by atoms with E-state index in [1.54, 1.807) is 18.3 Å². The van der Waals surface area contributed by atoms with Crippen molar-refractivity contribution < 1.29 is 4.79 Å². The molecule has 0 bridgehead atoms. The summed E-state index contributed by atoms with van der Waals surface area (Å²) in [6.07, 6.45) is 1.61. The Morgan fingerprint density at radius 3 is 2.43 bits per heavy atom. The molecule has 0 atom stereocenters. The summed E-state index contributed by atoms with van der Waals surface area (Å²) in [5.74, 6) is 0.522. The molecule has 144 valence electrons. The number of nitrogens with zero attached hydrogens (tertiary/aromatic N) is 4. The number of hydrogen-bond donors (Lipinski definition) is 1. The Morgan fingerprint density at radius 2 is 1.79 bits per heavy atom. The van der Waals surface area contributed by atoms with Crippen LogP contribution in [0.1, 0.15) is 13.8 Å². The number of anilines is 2. The molecule has 0 unspecified atom stereocenters. The first-order chi connectivity index (χ1) is 13.6. The first-order valence-corrected chi connectivity index (χ1v) is 9.25. The number of benzene rings is 1. The van der Waals surface area contributed by atoms with Crippen molar-refractivity contribution in [3.8, 4) is 11.3 Å². The summed E-state index contributed by atoms with van der Waals surface area (Å²) < 4.78 is 1.16. The van der Waals surface area contributed by atoms with E-state index in [1.807, 2.05) is 36.4 Å². The predicted molar refractivity (Wildman–Crippen MR) is 110 cm³/mol. The molecule has 0 fully saturated rings. The fourth-order valence-corrected chi connectivity index (χ4v) is 2.86. The molecular weight excluding hydrogens is 354 g/mol. The molecule has 1 N–H and O–H groups in total. The van der Waals surface area contributed by atoms with E-state index in [0.29, 0.717) is 11.4 Å². The number of aromatic nitrogens is 3. The smallest absolute Gasteiger partial charge is 0.267 e. The lowest BCUT2D eigenvalue weighted by Gasteiger charge is -2.19. The fourth-order valence-electron chi connectivity index (χ4n) is 2.86. The van der Waals surface area contributed by atoms with Gasteiger partial charge >= 0.3 is 0 Å². The molecule has 0 aliphatic heterocycles. The molecule has 1 amide bonds. The van der Waals surface area contributed by atoms with Crippen molar-refractivity contribution in [3.05, 3.63) is 71.1 Å². The quantitative estimate of drug-likeness (QED) is 0.685. The number of rotatable bonds is 7. The molecule has 0 aliphatic carbocycles. The number of amides is 1. The number of carbonyl (C=O) groups is 1. The predicted octanol–water partition coefficient (Wildman–Crippen LogP) is 2.79. The van der Waals surface area contributed by atoms with Gasteiger partial charge in [0.25, 0.3) is 5.56 Å². The molecule has 7 heteroatoms. The van der Waals surface area contributed by atoms with Gasteiger partial charge in [-0.3, -0.25) is 9.59 Å². The Morgan fingerprint density at radius 1 is 1.04 bits per heavy atom. The van der Waals surface area contributed by atoms with Crippen molar-refractivity contribution >= 4 is 17.4 Å². The normalized spacial score (nSPS) is 10.5. The SMILES string of the molecule is CCN(CC)c1ccc(NC(=O)Cn2nc(-c3ccccc3)ccc2=O)cn1. The molecule has 1 aromatic carbocycles. The zero-order valence-electron chi connectivity index (χ0n) is 16.0. The first kappa shape index (κ1) is 19.3. The van der Waals surface area contributed by atoms with Gasteiger partial charge in [0.2, 0.25) is 5.91 Å². The number of nitrogens with one attached hydrogen (secondary N) is 1. The van der Waals surface area contributed by atoms with Crippen molar-refractivity contribution in [2.45, 2.75) is 20.4 Å². The second-order valence-corrected chi connectivity index (χ2v) is 6.21. The minimum Gasteiger partial charge on any atom is -0.357 e. The topological polar surface area (TPSA) is 80.1 Å². The molecule has 0 radical (unpaired) electrons. The molecule has 3 aromatic rings. The maximum atomic E-state index is 12.4. The van der Waals surface area contributed by atoms with Gasteiger partial charge in [-0.15, -0.1) is 0 Å². The lowest BCUT2D eigenvalue weighted by atomic mass is 10.1. The minimum absolute atomic E-state index is 0.169. The van der Waals surface area contributed by atoms with Crippen LogP contribution in [0.2, 0.25) is 0 Å². The Kier molecular flexibility index (Phi) is 6.16. The van der Waals surface area contributed by atoms with E-state index in [9.17, 15) is 9.59 Å². The van der Waals surface area contributed by atoms with Crippen LogP contribution in [-0.2, 0) is 11.3 Å². The Hall–Kier alpha value is -3.48.